The Morgan fingerprint density at radius 2 is 1.92 bits per heavy atom. The van der Waals surface area contributed by atoms with E-state index in [1.807, 2.05) is 6.92 Å². The Bertz CT molecular complexity index is 615. The van der Waals surface area contributed by atoms with Crippen LogP contribution >= 0.6 is 12.4 Å². The molecule has 0 bridgehead atoms. The van der Waals surface area contributed by atoms with E-state index >= 15 is 0 Å². The molecule has 3 N–H and O–H groups in total. The summed E-state index contributed by atoms with van der Waals surface area (Å²) >= 11 is 0. The Morgan fingerprint density at radius 3 is 2.68 bits per heavy atom. The zero-order valence-corrected chi connectivity index (χ0v) is 15.6. The minimum Gasteiger partial charge on any atom is -0.353 e. The van der Waals surface area contributed by atoms with Crippen molar-refractivity contribution >= 4 is 24.2 Å². The maximum absolute atomic E-state index is 12.1. The van der Waals surface area contributed by atoms with E-state index in [1.54, 1.807) is 0 Å². The molecule has 0 spiro atoms. The van der Waals surface area contributed by atoms with Crippen LogP contribution in [0.4, 0.5) is 0 Å². The lowest BCUT2D eigenvalue weighted by Gasteiger charge is -2.17. The van der Waals surface area contributed by atoms with Gasteiger partial charge in [0.2, 0.25) is 11.8 Å². The zero-order valence-electron chi connectivity index (χ0n) is 14.8. The summed E-state index contributed by atoms with van der Waals surface area (Å²) in [4.78, 5) is 24.2. The third-order valence-electron chi connectivity index (χ3n) is 5.00. The number of carbonyl (C=O) groups excluding carboxylic acids is 2. The molecule has 2 amide bonds. The van der Waals surface area contributed by atoms with E-state index in [2.05, 4.69) is 34.1 Å². The standard InChI is InChI=1S/C19H27N3O2.ClH/c1-13(22-19(24)15-4-2-3-5-15)8-18(23)21-10-14-6-7-16-11-20-12-17(16)9-14;/h6-7,9,13,15,20H,2-5,8,10-12H2,1H3,(H,21,23)(H,22,24);1H. The van der Waals surface area contributed by atoms with Crippen molar-refractivity contribution in [1.82, 2.24) is 16.0 Å². The van der Waals surface area contributed by atoms with Crippen LogP contribution in [0.2, 0.25) is 0 Å². The van der Waals surface area contributed by atoms with Crippen LogP contribution in [-0.2, 0) is 29.2 Å². The van der Waals surface area contributed by atoms with Gasteiger partial charge in [0.15, 0.2) is 0 Å². The summed E-state index contributed by atoms with van der Waals surface area (Å²) in [7, 11) is 0. The Kier molecular flexibility index (Phi) is 7.26. The van der Waals surface area contributed by atoms with Gasteiger partial charge in [0, 0.05) is 38.0 Å². The van der Waals surface area contributed by atoms with Crippen LogP contribution in [0.1, 0.15) is 55.7 Å². The van der Waals surface area contributed by atoms with Gasteiger partial charge in [-0.3, -0.25) is 9.59 Å². The zero-order chi connectivity index (χ0) is 16.9. The number of halogens is 1. The topological polar surface area (TPSA) is 70.2 Å². The molecule has 2 aliphatic rings. The van der Waals surface area contributed by atoms with Gasteiger partial charge in [0.1, 0.15) is 0 Å². The Morgan fingerprint density at radius 1 is 1.20 bits per heavy atom. The van der Waals surface area contributed by atoms with Crippen molar-refractivity contribution < 1.29 is 9.59 Å². The molecule has 0 saturated heterocycles. The van der Waals surface area contributed by atoms with Crippen molar-refractivity contribution in [3.63, 3.8) is 0 Å². The second-order valence-corrected chi connectivity index (χ2v) is 7.08. The third kappa shape index (κ3) is 5.44. The van der Waals surface area contributed by atoms with E-state index in [0.717, 1.165) is 44.3 Å². The first-order valence-electron chi connectivity index (χ1n) is 9.00. The SMILES string of the molecule is CC(CC(=O)NCc1ccc2c(c1)CNC2)NC(=O)C1CCCC1.Cl. The molecule has 1 heterocycles. The highest BCUT2D eigenvalue weighted by molar-refractivity contribution is 5.85. The summed E-state index contributed by atoms with van der Waals surface area (Å²) in [6.07, 6.45) is 4.58. The average Bonchev–Trinajstić information content (AvgIpc) is 3.23. The van der Waals surface area contributed by atoms with Crippen molar-refractivity contribution in [2.45, 2.75) is 64.7 Å². The van der Waals surface area contributed by atoms with E-state index in [4.69, 9.17) is 0 Å². The van der Waals surface area contributed by atoms with Crippen LogP contribution < -0.4 is 16.0 Å². The molecule has 1 aliphatic heterocycles. The minimum absolute atomic E-state index is 0. The summed E-state index contributed by atoms with van der Waals surface area (Å²) in [6.45, 7) is 4.27. The van der Waals surface area contributed by atoms with Gasteiger partial charge in [-0.1, -0.05) is 31.0 Å². The number of fused-ring (bicyclic) bond motifs is 1. The molecule has 138 valence electrons. The van der Waals surface area contributed by atoms with Gasteiger partial charge in [-0.15, -0.1) is 12.4 Å². The van der Waals surface area contributed by atoms with Crippen LogP contribution in [0.3, 0.4) is 0 Å². The molecule has 6 heteroatoms. The van der Waals surface area contributed by atoms with E-state index in [1.165, 1.54) is 11.1 Å². The highest BCUT2D eigenvalue weighted by Crippen LogP contribution is 2.24. The van der Waals surface area contributed by atoms with Crippen molar-refractivity contribution in [3.8, 4) is 0 Å². The predicted octanol–water partition coefficient (Wildman–Crippen LogP) is 2.41. The molecule has 5 nitrogen and oxygen atoms in total. The fraction of sp³-hybridized carbons (Fsp3) is 0.579. The molecule has 3 rings (SSSR count). The van der Waals surface area contributed by atoms with Gasteiger partial charge in [-0.2, -0.15) is 0 Å². The fourth-order valence-corrected chi connectivity index (χ4v) is 3.61. The minimum atomic E-state index is -0.123. The molecule has 1 fully saturated rings. The Hall–Kier alpha value is -1.59. The van der Waals surface area contributed by atoms with Crippen LogP contribution in [0.25, 0.3) is 0 Å². The number of amides is 2. The summed E-state index contributed by atoms with van der Waals surface area (Å²) in [5.41, 5.74) is 3.78. The van der Waals surface area contributed by atoms with Gasteiger partial charge < -0.3 is 16.0 Å². The molecule has 1 aromatic rings. The van der Waals surface area contributed by atoms with E-state index < -0.39 is 0 Å². The molecular formula is C19H28ClN3O2. The predicted molar refractivity (Wildman–Crippen MR) is 100 cm³/mol. The molecule has 0 radical (unpaired) electrons. The summed E-state index contributed by atoms with van der Waals surface area (Å²) < 4.78 is 0. The van der Waals surface area contributed by atoms with Crippen molar-refractivity contribution in [3.05, 3.63) is 34.9 Å². The van der Waals surface area contributed by atoms with Crippen LogP contribution in [0.15, 0.2) is 18.2 Å². The first kappa shape index (κ1) is 19.7. The lowest BCUT2D eigenvalue weighted by atomic mass is 10.1. The molecule has 1 saturated carbocycles. The monoisotopic (exact) mass is 365 g/mol. The fourth-order valence-electron chi connectivity index (χ4n) is 3.61. The van der Waals surface area contributed by atoms with E-state index in [9.17, 15) is 9.59 Å². The number of nitrogens with one attached hydrogen (secondary N) is 3. The third-order valence-corrected chi connectivity index (χ3v) is 5.00. The molecule has 1 aliphatic carbocycles. The largest absolute Gasteiger partial charge is 0.353 e. The first-order valence-corrected chi connectivity index (χ1v) is 9.00. The van der Waals surface area contributed by atoms with Gasteiger partial charge in [0.25, 0.3) is 0 Å². The Labute approximate surface area is 155 Å². The van der Waals surface area contributed by atoms with Gasteiger partial charge >= 0.3 is 0 Å². The van der Waals surface area contributed by atoms with Crippen molar-refractivity contribution in [2.75, 3.05) is 0 Å². The van der Waals surface area contributed by atoms with Crippen molar-refractivity contribution in [1.29, 1.82) is 0 Å². The van der Waals surface area contributed by atoms with E-state index in [0.29, 0.717) is 13.0 Å². The van der Waals surface area contributed by atoms with Gasteiger partial charge in [-0.25, -0.2) is 0 Å². The van der Waals surface area contributed by atoms with Crippen LogP contribution in [0, 0.1) is 5.92 Å². The lowest BCUT2D eigenvalue weighted by Crippen LogP contribution is -2.39. The number of hydrogen-bond donors (Lipinski definition) is 3. The quantitative estimate of drug-likeness (QED) is 0.725. The van der Waals surface area contributed by atoms with Gasteiger partial charge in [0.05, 0.1) is 0 Å². The average molecular weight is 366 g/mol. The van der Waals surface area contributed by atoms with Crippen LogP contribution in [-0.4, -0.2) is 17.9 Å². The molecule has 1 atom stereocenters. The van der Waals surface area contributed by atoms with Gasteiger partial charge in [-0.05, 0) is 36.5 Å². The summed E-state index contributed by atoms with van der Waals surface area (Å²) in [5, 5.41) is 9.25. The highest BCUT2D eigenvalue weighted by atomic mass is 35.5. The molecular weight excluding hydrogens is 338 g/mol. The second-order valence-electron chi connectivity index (χ2n) is 7.08. The smallest absolute Gasteiger partial charge is 0.223 e. The van der Waals surface area contributed by atoms with E-state index in [-0.39, 0.29) is 36.2 Å². The summed E-state index contributed by atoms with van der Waals surface area (Å²) in [5.74, 6) is 0.238. The maximum Gasteiger partial charge on any atom is 0.223 e. The number of carbonyl (C=O) groups is 2. The van der Waals surface area contributed by atoms with Crippen molar-refractivity contribution in [2.24, 2.45) is 5.92 Å². The number of benzene rings is 1. The second kappa shape index (κ2) is 9.20. The first-order chi connectivity index (χ1) is 11.6. The molecule has 1 aromatic carbocycles. The highest BCUT2D eigenvalue weighted by Gasteiger charge is 2.24. The lowest BCUT2D eigenvalue weighted by molar-refractivity contribution is -0.126. The molecule has 25 heavy (non-hydrogen) atoms. The Balaban J connectivity index is 0.00000225. The maximum atomic E-state index is 12.1. The number of rotatable bonds is 6. The normalized spacial score (nSPS) is 17.5. The number of hydrogen-bond acceptors (Lipinski definition) is 3. The molecule has 0 aromatic heterocycles. The molecule has 1 unspecified atom stereocenters. The van der Waals surface area contributed by atoms with Crippen LogP contribution in [0.5, 0.6) is 0 Å². The summed E-state index contributed by atoms with van der Waals surface area (Å²) in [6, 6.07) is 6.22.